The number of fused-ring (bicyclic) bond motifs is 2. The van der Waals surface area contributed by atoms with Gasteiger partial charge in [0.2, 0.25) is 0 Å². The summed E-state index contributed by atoms with van der Waals surface area (Å²) in [7, 11) is 0. The summed E-state index contributed by atoms with van der Waals surface area (Å²) in [6.45, 7) is 3.41. The van der Waals surface area contributed by atoms with Gasteiger partial charge in [0, 0.05) is 33.6 Å². The van der Waals surface area contributed by atoms with Crippen LogP contribution in [-0.4, -0.2) is 15.5 Å². The molecule has 2 aromatic carbocycles. The Bertz CT molecular complexity index is 1270. The minimum atomic E-state index is 0.00216. The average Bonchev–Trinajstić information content (AvgIpc) is 3.39. The molecule has 0 aliphatic carbocycles. The summed E-state index contributed by atoms with van der Waals surface area (Å²) in [4.78, 5) is 17.2. The lowest BCUT2D eigenvalue weighted by molar-refractivity contribution is 0.0985. The zero-order valence-corrected chi connectivity index (χ0v) is 18.7. The van der Waals surface area contributed by atoms with Gasteiger partial charge in [-0.3, -0.25) is 4.79 Å². The minimum Gasteiger partial charge on any atom is -0.346 e. The molecule has 5 rings (SSSR count). The molecule has 0 saturated carbocycles. The van der Waals surface area contributed by atoms with Crippen molar-refractivity contribution in [2.45, 2.75) is 20.0 Å². The van der Waals surface area contributed by atoms with Crippen molar-refractivity contribution in [1.82, 2.24) is 4.57 Å². The SMILES string of the molecule is Cc1ccccc1C(=S)Nc1ccc(C(=O)N2Cc3cccn3Cc3sccc32)cc1. The molecular weight excluding hydrogens is 422 g/mol. The van der Waals surface area contributed by atoms with E-state index in [1.54, 1.807) is 11.3 Å². The molecule has 4 nitrogen and oxygen atoms in total. The fraction of sp³-hybridized carbons (Fsp3) is 0.120. The molecule has 0 saturated heterocycles. The molecule has 0 fully saturated rings. The molecule has 1 aliphatic heterocycles. The first-order valence-electron chi connectivity index (χ1n) is 10.1. The van der Waals surface area contributed by atoms with Crippen LogP contribution in [0.25, 0.3) is 0 Å². The van der Waals surface area contributed by atoms with Crippen molar-refractivity contribution in [3.8, 4) is 0 Å². The van der Waals surface area contributed by atoms with Crippen molar-refractivity contribution in [3.05, 3.63) is 106 Å². The highest BCUT2D eigenvalue weighted by Crippen LogP contribution is 2.33. The smallest absolute Gasteiger partial charge is 0.258 e. The Kier molecular flexibility index (Phi) is 5.18. The zero-order valence-electron chi connectivity index (χ0n) is 17.0. The third-order valence-corrected chi connectivity index (χ3v) is 6.81. The Morgan fingerprint density at radius 1 is 1.00 bits per heavy atom. The predicted molar refractivity (Wildman–Crippen MR) is 131 cm³/mol. The van der Waals surface area contributed by atoms with Crippen LogP contribution in [0.3, 0.4) is 0 Å². The van der Waals surface area contributed by atoms with Gasteiger partial charge in [-0.15, -0.1) is 11.3 Å². The summed E-state index contributed by atoms with van der Waals surface area (Å²) in [5.74, 6) is 0.00216. The second kappa shape index (κ2) is 8.13. The number of nitrogens with one attached hydrogen (secondary N) is 1. The van der Waals surface area contributed by atoms with E-state index >= 15 is 0 Å². The maximum absolute atomic E-state index is 13.4. The van der Waals surface area contributed by atoms with Crippen molar-refractivity contribution in [2.24, 2.45) is 0 Å². The van der Waals surface area contributed by atoms with Gasteiger partial charge >= 0.3 is 0 Å². The van der Waals surface area contributed by atoms with Gasteiger partial charge in [0.1, 0.15) is 4.99 Å². The number of benzene rings is 2. The highest BCUT2D eigenvalue weighted by molar-refractivity contribution is 7.81. The fourth-order valence-electron chi connectivity index (χ4n) is 3.90. The summed E-state index contributed by atoms with van der Waals surface area (Å²) in [5.41, 5.74) is 5.80. The second-order valence-electron chi connectivity index (χ2n) is 7.59. The van der Waals surface area contributed by atoms with E-state index in [-0.39, 0.29) is 5.91 Å². The highest BCUT2D eigenvalue weighted by atomic mass is 32.1. The molecule has 154 valence electrons. The van der Waals surface area contributed by atoms with Crippen LogP contribution in [0.2, 0.25) is 0 Å². The molecule has 6 heteroatoms. The normalized spacial score (nSPS) is 12.6. The molecule has 4 aromatic rings. The number of anilines is 2. The zero-order chi connectivity index (χ0) is 21.4. The van der Waals surface area contributed by atoms with Gasteiger partial charge in [-0.2, -0.15) is 0 Å². The lowest BCUT2D eigenvalue weighted by atomic mass is 10.1. The highest BCUT2D eigenvalue weighted by Gasteiger charge is 2.25. The summed E-state index contributed by atoms with van der Waals surface area (Å²) in [6.07, 6.45) is 2.07. The Morgan fingerprint density at radius 3 is 2.61 bits per heavy atom. The fourth-order valence-corrected chi connectivity index (χ4v) is 5.12. The molecule has 1 N–H and O–H groups in total. The van der Waals surface area contributed by atoms with Gasteiger partial charge in [-0.25, -0.2) is 0 Å². The Labute approximate surface area is 190 Å². The first kappa shape index (κ1) is 19.7. The number of aryl methyl sites for hydroxylation is 1. The summed E-state index contributed by atoms with van der Waals surface area (Å²) in [5, 5.41) is 5.34. The van der Waals surface area contributed by atoms with E-state index in [0.717, 1.165) is 34.7 Å². The number of carbonyl (C=O) groups excluding carboxylic acids is 1. The molecule has 3 heterocycles. The molecule has 1 aliphatic rings. The van der Waals surface area contributed by atoms with Gasteiger partial charge in [0.15, 0.2) is 0 Å². The molecule has 0 unspecified atom stereocenters. The van der Waals surface area contributed by atoms with E-state index in [9.17, 15) is 4.79 Å². The molecule has 1 amide bonds. The number of carbonyl (C=O) groups is 1. The summed E-state index contributed by atoms with van der Waals surface area (Å²) in [6, 6.07) is 21.7. The van der Waals surface area contributed by atoms with Crippen LogP contribution >= 0.6 is 23.6 Å². The monoisotopic (exact) mass is 443 g/mol. The first-order valence-corrected chi connectivity index (χ1v) is 11.4. The lowest BCUT2D eigenvalue weighted by Gasteiger charge is -2.21. The maximum Gasteiger partial charge on any atom is 0.258 e. The maximum atomic E-state index is 13.4. The lowest BCUT2D eigenvalue weighted by Crippen LogP contribution is -2.30. The average molecular weight is 444 g/mol. The summed E-state index contributed by atoms with van der Waals surface area (Å²) >= 11 is 7.26. The van der Waals surface area contributed by atoms with E-state index in [1.807, 2.05) is 72.5 Å². The van der Waals surface area contributed by atoms with Crippen LogP contribution in [0.5, 0.6) is 0 Å². The molecule has 0 atom stereocenters. The molecule has 31 heavy (non-hydrogen) atoms. The predicted octanol–water partition coefficient (Wildman–Crippen LogP) is 5.85. The standard InChI is InChI=1S/C25H21N3OS2/c1-17-5-2-3-7-21(17)24(30)26-19-10-8-18(9-11-19)25(29)28-15-20-6-4-13-27(20)16-23-22(28)12-14-31-23/h2-14H,15-16H2,1H3,(H,26,30). The van der Waals surface area contributed by atoms with E-state index in [2.05, 4.69) is 27.5 Å². The number of rotatable bonds is 3. The Balaban J connectivity index is 1.37. The van der Waals surface area contributed by atoms with Crippen molar-refractivity contribution >= 4 is 45.8 Å². The van der Waals surface area contributed by atoms with Crippen molar-refractivity contribution in [3.63, 3.8) is 0 Å². The topological polar surface area (TPSA) is 37.3 Å². The quantitative estimate of drug-likeness (QED) is 0.403. The van der Waals surface area contributed by atoms with Crippen LogP contribution in [0, 0.1) is 6.92 Å². The Morgan fingerprint density at radius 2 is 1.81 bits per heavy atom. The van der Waals surface area contributed by atoms with Crippen LogP contribution in [0.1, 0.15) is 32.1 Å². The van der Waals surface area contributed by atoms with E-state index < -0.39 is 0 Å². The summed E-state index contributed by atoms with van der Waals surface area (Å²) < 4.78 is 2.21. The minimum absolute atomic E-state index is 0.00216. The first-order chi connectivity index (χ1) is 15.1. The molecule has 2 aromatic heterocycles. The van der Waals surface area contributed by atoms with E-state index in [1.165, 1.54) is 4.88 Å². The van der Waals surface area contributed by atoms with Gasteiger partial charge in [-0.05, 0) is 60.3 Å². The second-order valence-corrected chi connectivity index (χ2v) is 9.00. The van der Waals surface area contributed by atoms with Gasteiger partial charge < -0.3 is 14.8 Å². The number of nitrogens with zero attached hydrogens (tertiary/aromatic N) is 2. The van der Waals surface area contributed by atoms with Gasteiger partial charge in [0.05, 0.1) is 18.8 Å². The number of thiophene rings is 1. The van der Waals surface area contributed by atoms with Gasteiger partial charge in [0.25, 0.3) is 5.91 Å². The number of aromatic nitrogens is 1. The van der Waals surface area contributed by atoms with Crippen molar-refractivity contribution in [2.75, 3.05) is 10.2 Å². The number of hydrogen-bond acceptors (Lipinski definition) is 3. The van der Waals surface area contributed by atoms with Gasteiger partial charge in [-0.1, -0.05) is 36.5 Å². The van der Waals surface area contributed by atoms with Crippen molar-refractivity contribution < 1.29 is 4.79 Å². The molecule has 0 radical (unpaired) electrons. The number of thiocarbonyl (C=S) groups is 1. The largest absolute Gasteiger partial charge is 0.346 e. The van der Waals surface area contributed by atoms with E-state index in [4.69, 9.17) is 12.2 Å². The van der Waals surface area contributed by atoms with Crippen LogP contribution < -0.4 is 10.2 Å². The number of amides is 1. The van der Waals surface area contributed by atoms with Crippen LogP contribution in [-0.2, 0) is 13.1 Å². The third kappa shape index (κ3) is 3.80. The molecule has 0 bridgehead atoms. The van der Waals surface area contributed by atoms with Crippen molar-refractivity contribution in [1.29, 1.82) is 0 Å². The molecular formula is C25H21N3OS2. The number of hydrogen-bond donors (Lipinski definition) is 1. The third-order valence-electron chi connectivity index (χ3n) is 5.59. The molecule has 0 spiro atoms. The van der Waals surface area contributed by atoms with E-state index in [0.29, 0.717) is 17.1 Å². The Hall–Kier alpha value is -3.22. The van der Waals surface area contributed by atoms with Crippen LogP contribution in [0.4, 0.5) is 11.4 Å². The van der Waals surface area contributed by atoms with Crippen LogP contribution in [0.15, 0.2) is 78.3 Å².